The Labute approximate surface area is 272 Å². The Morgan fingerprint density at radius 2 is 1.49 bits per heavy atom. The lowest BCUT2D eigenvalue weighted by Gasteiger charge is -2.22. The number of amides is 2. The van der Waals surface area contributed by atoms with Gasteiger partial charge in [0.2, 0.25) is 5.91 Å². The lowest BCUT2D eigenvalue weighted by molar-refractivity contribution is -0.145. The van der Waals surface area contributed by atoms with Crippen molar-refractivity contribution in [2.75, 3.05) is 26.9 Å². The van der Waals surface area contributed by atoms with Gasteiger partial charge in [0.15, 0.2) is 12.6 Å². The van der Waals surface area contributed by atoms with Crippen molar-refractivity contribution in [3.8, 4) is 22.6 Å². The number of aliphatic imine (C=N–C) groups is 1. The van der Waals surface area contributed by atoms with Crippen molar-refractivity contribution in [2.24, 2.45) is 16.5 Å². The zero-order valence-electron chi connectivity index (χ0n) is 26.2. The van der Waals surface area contributed by atoms with Crippen LogP contribution < -0.4 is 31.6 Å². The first-order valence-corrected chi connectivity index (χ1v) is 15.5. The van der Waals surface area contributed by atoms with Crippen LogP contribution >= 0.6 is 0 Å². The molecule has 1 heterocycles. The summed E-state index contributed by atoms with van der Waals surface area (Å²) in [7, 11) is 1.26. The largest absolute Gasteiger partial charge is 0.489 e. The molecule has 4 aromatic rings. The van der Waals surface area contributed by atoms with Crippen LogP contribution in [0.3, 0.4) is 0 Å². The number of guanidine groups is 1. The summed E-state index contributed by atoms with van der Waals surface area (Å²) in [5.41, 5.74) is 12.5. The van der Waals surface area contributed by atoms with Gasteiger partial charge in [-0.1, -0.05) is 72.8 Å². The smallest absolute Gasteiger partial charge is 0.328 e. The number of hydrogen-bond donors (Lipinski definition) is 4. The summed E-state index contributed by atoms with van der Waals surface area (Å²) in [6.07, 6.45) is 5.13. The predicted molar refractivity (Wildman–Crippen MR) is 182 cm³/mol. The standard InChI is InChI=1S/C36H39N5O6/c1-45-35(44)28-15-7-9-21-46-29-18-16-23-10-2-4-12-25(23)32(29)33-26-13-5-3-11-24(26)17-19-30(33)47-22-31(42)40-27(34(43)41-28)14-6-8-20-39-36(37)38/h2-5,7,9-13,16-19,27-28H,6,8,14-15,20-22H2,1H3,(H,40,42)(H,41,43)(H4,37,38,39)/t27-,28+/m1/s1. The molecular formula is C36H39N5O6. The highest BCUT2D eigenvalue weighted by Gasteiger charge is 2.27. The van der Waals surface area contributed by atoms with E-state index in [4.69, 9.17) is 25.7 Å². The van der Waals surface area contributed by atoms with E-state index in [1.54, 1.807) is 12.2 Å². The van der Waals surface area contributed by atoms with E-state index in [2.05, 4.69) is 15.6 Å². The van der Waals surface area contributed by atoms with E-state index in [9.17, 15) is 14.4 Å². The summed E-state index contributed by atoms with van der Waals surface area (Å²) in [6.45, 7) is 0.227. The molecule has 0 saturated carbocycles. The first-order chi connectivity index (χ1) is 22.9. The number of nitrogens with zero attached hydrogens (tertiary/aromatic N) is 1. The number of benzene rings is 4. The molecule has 0 fully saturated rings. The Kier molecular flexibility index (Phi) is 10.9. The number of rotatable bonds is 6. The normalized spacial score (nSPS) is 17.2. The van der Waals surface area contributed by atoms with Gasteiger partial charge < -0.3 is 36.3 Å². The van der Waals surface area contributed by atoms with Gasteiger partial charge >= 0.3 is 5.97 Å². The lowest BCUT2D eigenvalue weighted by Crippen LogP contribution is -2.52. The van der Waals surface area contributed by atoms with Crippen LogP contribution in [0.2, 0.25) is 0 Å². The summed E-state index contributed by atoms with van der Waals surface area (Å²) in [5.74, 6) is -0.527. The van der Waals surface area contributed by atoms with Crippen LogP contribution in [0.4, 0.5) is 0 Å². The van der Waals surface area contributed by atoms with Crippen LogP contribution in [-0.4, -0.2) is 62.7 Å². The molecule has 2 atom stereocenters. The Bertz CT molecular complexity index is 1820. The highest BCUT2D eigenvalue weighted by molar-refractivity contribution is 6.09. The highest BCUT2D eigenvalue weighted by atomic mass is 16.5. The van der Waals surface area contributed by atoms with Gasteiger partial charge in [-0.3, -0.25) is 14.6 Å². The summed E-state index contributed by atoms with van der Waals surface area (Å²) in [4.78, 5) is 43.4. The Balaban J connectivity index is 1.55. The molecule has 0 radical (unpaired) electrons. The minimum atomic E-state index is -0.969. The van der Waals surface area contributed by atoms with Crippen molar-refractivity contribution in [3.63, 3.8) is 0 Å². The molecule has 1 aliphatic rings. The molecule has 47 heavy (non-hydrogen) atoms. The van der Waals surface area contributed by atoms with Crippen molar-refractivity contribution >= 4 is 45.3 Å². The molecule has 0 unspecified atom stereocenters. The number of nitrogens with one attached hydrogen (secondary N) is 2. The van der Waals surface area contributed by atoms with Gasteiger partial charge in [0, 0.05) is 17.7 Å². The fourth-order valence-corrected chi connectivity index (χ4v) is 5.64. The third-order valence-electron chi connectivity index (χ3n) is 7.91. The Morgan fingerprint density at radius 3 is 2.13 bits per heavy atom. The van der Waals surface area contributed by atoms with Crippen LogP contribution in [0.25, 0.3) is 32.7 Å². The van der Waals surface area contributed by atoms with E-state index in [-0.39, 0.29) is 32.0 Å². The number of unbranched alkanes of at least 4 members (excludes halogenated alkanes) is 1. The second-order valence-electron chi connectivity index (χ2n) is 11.1. The molecule has 11 nitrogen and oxygen atoms in total. The minimum Gasteiger partial charge on any atom is -0.489 e. The van der Waals surface area contributed by atoms with E-state index < -0.39 is 29.9 Å². The van der Waals surface area contributed by atoms with E-state index >= 15 is 0 Å². The maximum atomic E-state index is 13.4. The zero-order valence-corrected chi connectivity index (χ0v) is 26.2. The van der Waals surface area contributed by atoms with Gasteiger partial charge in [-0.05, 0) is 59.4 Å². The topological polar surface area (TPSA) is 167 Å². The molecule has 4 aromatic carbocycles. The van der Waals surface area contributed by atoms with Crippen molar-refractivity contribution in [2.45, 2.75) is 37.8 Å². The second kappa shape index (κ2) is 15.6. The summed E-state index contributed by atoms with van der Waals surface area (Å²) in [5, 5.41) is 9.43. The number of nitrogens with two attached hydrogens (primary N) is 2. The van der Waals surface area contributed by atoms with Crippen LogP contribution in [-0.2, 0) is 19.1 Å². The number of carbonyl (C=O) groups is 3. The third-order valence-corrected chi connectivity index (χ3v) is 7.91. The van der Waals surface area contributed by atoms with E-state index in [1.165, 1.54) is 7.11 Å². The van der Waals surface area contributed by atoms with Crippen LogP contribution in [0.15, 0.2) is 89.9 Å². The highest BCUT2D eigenvalue weighted by Crippen LogP contribution is 2.45. The van der Waals surface area contributed by atoms with Crippen molar-refractivity contribution in [1.29, 1.82) is 0 Å². The van der Waals surface area contributed by atoms with Crippen molar-refractivity contribution in [1.82, 2.24) is 10.6 Å². The number of methoxy groups -OCH3 is 1. The van der Waals surface area contributed by atoms with Gasteiger partial charge in [-0.15, -0.1) is 0 Å². The van der Waals surface area contributed by atoms with Gasteiger partial charge in [-0.2, -0.15) is 0 Å². The molecule has 6 N–H and O–H groups in total. The van der Waals surface area contributed by atoms with Gasteiger partial charge in [-0.25, -0.2) is 4.79 Å². The summed E-state index contributed by atoms with van der Waals surface area (Å²) < 4.78 is 17.5. The SMILES string of the molecule is COC(=O)[C@@H]1CC=CCOc2ccc3ccccc3c2-c2c(ccc3ccccc23)OCC(=O)N[C@H](CCCCN=C(N)N)C(=O)N1. The quantitative estimate of drug-likeness (QED) is 0.0810. The molecule has 244 valence electrons. The number of carbonyl (C=O) groups excluding carboxylic acids is 3. The average molecular weight is 638 g/mol. The zero-order chi connectivity index (χ0) is 33.2. The van der Waals surface area contributed by atoms with Crippen LogP contribution in [0.1, 0.15) is 25.7 Å². The molecular weight excluding hydrogens is 598 g/mol. The van der Waals surface area contributed by atoms with E-state index in [0.717, 1.165) is 32.7 Å². The predicted octanol–water partition coefficient (Wildman–Crippen LogP) is 3.96. The molecule has 0 aromatic heterocycles. The first kappa shape index (κ1) is 32.8. The first-order valence-electron chi connectivity index (χ1n) is 15.5. The fraction of sp³-hybridized carbons (Fsp3) is 0.278. The summed E-state index contributed by atoms with van der Waals surface area (Å²) in [6, 6.07) is 21.8. The minimum absolute atomic E-state index is 0.0169. The monoisotopic (exact) mass is 637 g/mol. The van der Waals surface area contributed by atoms with Crippen LogP contribution in [0, 0.1) is 0 Å². The molecule has 2 amide bonds. The molecule has 0 aliphatic carbocycles. The molecule has 0 spiro atoms. The second-order valence-corrected chi connectivity index (χ2v) is 11.1. The van der Waals surface area contributed by atoms with Crippen LogP contribution in [0.5, 0.6) is 11.5 Å². The molecule has 1 aliphatic heterocycles. The van der Waals surface area contributed by atoms with Gasteiger partial charge in [0.25, 0.3) is 5.91 Å². The molecule has 5 rings (SSSR count). The Morgan fingerprint density at radius 1 is 0.851 bits per heavy atom. The third kappa shape index (κ3) is 8.18. The summed E-state index contributed by atoms with van der Waals surface area (Å²) >= 11 is 0. The maximum Gasteiger partial charge on any atom is 0.328 e. The average Bonchev–Trinajstić information content (AvgIpc) is 3.08. The molecule has 0 bridgehead atoms. The Hall–Kier alpha value is -5.58. The lowest BCUT2D eigenvalue weighted by atomic mass is 9.92. The number of ether oxygens (including phenoxy) is 3. The maximum absolute atomic E-state index is 13.4. The fourth-order valence-electron chi connectivity index (χ4n) is 5.64. The van der Waals surface area contributed by atoms with Crippen molar-refractivity contribution < 1.29 is 28.6 Å². The van der Waals surface area contributed by atoms with E-state index in [1.807, 2.05) is 72.8 Å². The number of hydrogen-bond acceptors (Lipinski definition) is 7. The number of fused-ring (bicyclic) bond motifs is 7. The van der Waals surface area contributed by atoms with E-state index in [0.29, 0.717) is 30.9 Å². The molecule has 11 heteroatoms. The van der Waals surface area contributed by atoms with Gasteiger partial charge in [0.1, 0.15) is 30.2 Å². The van der Waals surface area contributed by atoms with Gasteiger partial charge in [0.05, 0.1) is 7.11 Å². The number of esters is 1. The molecule has 0 saturated heterocycles. The van der Waals surface area contributed by atoms with Crippen molar-refractivity contribution in [3.05, 3.63) is 84.9 Å².